The number of aromatic nitrogens is 3. The minimum Gasteiger partial charge on any atom is -0.363 e. The van der Waals surface area contributed by atoms with Crippen LogP contribution in [0.25, 0.3) is 5.65 Å². The van der Waals surface area contributed by atoms with Crippen molar-refractivity contribution in [2.45, 2.75) is 63.0 Å². The standard InChI is InChI=1S/C23H25F2N5O/c24-23(25)11-8-16(9-12-23)27-22(31)18-14-26-30-13-10-20(29-21(18)30)28-19-7-3-5-15-4-1-2-6-17(15)19/h1-2,4,6,10,13-14,16,19H,3,5,7-9,11-12H2,(H,27,31)(H,28,29). The highest BCUT2D eigenvalue weighted by Gasteiger charge is 2.35. The molecule has 5 rings (SSSR count). The Kier molecular flexibility index (Phi) is 5.08. The zero-order chi connectivity index (χ0) is 21.4. The van der Waals surface area contributed by atoms with Crippen molar-refractivity contribution in [3.63, 3.8) is 0 Å². The Balaban J connectivity index is 1.34. The number of alkyl halides is 2. The van der Waals surface area contributed by atoms with Crippen molar-refractivity contribution in [2.75, 3.05) is 5.32 Å². The van der Waals surface area contributed by atoms with Gasteiger partial charge in [0.15, 0.2) is 5.65 Å². The normalized spacial score (nSPS) is 20.9. The number of hydrogen-bond acceptors (Lipinski definition) is 4. The van der Waals surface area contributed by atoms with E-state index in [-0.39, 0.29) is 43.7 Å². The zero-order valence-corrected chi connectivity index (χ0v) is 17.2. The summed E-state index contributed by atoms with van der Waals surface area (Å²) in [5.41, 5.74) is 3.45. The molecule has 0 radical (unpaired) electrons. The first kappa shape index (κ1) is 19.9. The number of anilines is 1. The van der Waals surface area contributed by atoms with Crippen molar-refractivity contribution in [1.82, 2.24) is 19.9 Å². The van der Waals surface area contributed by atoms with Gasteiger partial charge in [-0.1, -0.05) is 24.3 Å². The Hall–Kier alpha value is -3.03. The average Bonchev–Trinajstić information content (AvgIpc) is 3.19. The molecule has 1 atom stereocenters. The lowest BCUT2D eigenvalue weighted by molar-refractivity contribution is -0.0399. The summed E-state index contributed by atoms with van der Waals surface area (Å²) in [5.74, 6) is -2.26. The van der Waals surface area contributed by atoms with Gasteiger partial charge in [0.1, 0.15) is 11.4 Å². The van der Waals surface area contributed by atoms with Crippen LogP contribution in [0.1, 0.15) is 66.1 Å². The van der Waals surface area contributed by atoms with E-state index in [1.807, 2.05) is 6.07 Å². The van der Waals surface area contributed by atoms with Crippen LogP contribution in [0.3, 0.4) is 0 Å². The van der Waals surface area contributed by atoms with Gasteiger partial charge in [0, 0.05) is 25.1 Å². The van der Waals surface area contributed by atoms with E-state index in [0.29, 0.717) is 17.0 Å². The molecule has 2 aliphatic rings. The second-order valence-electron chi connectivity index (χ2n) is 8.53. The molecule has 2 N–H and O–H groups in total. The number of hydrogen-bond donors (Lipinski definition) is 2. The lowest BCUT2D eigenvalue weighted by Crippen LogP contribution is -2.40. The Labute approximate surface area is 179 Å². The number of carbonyl (C=O) groups excluding carboxylic acids is 1. The van der Waals surface area contributed by atoms with Crippen molar-refractivity contribution < 1.29 is 13.6 Å². The molecule has 1 saturated carbocycles. The van der Waals surface area contributed by atoms with Gasteiger partial charge >= 0.3 is 0 Å². The Morgan fingerprint density at radius 1 is 1.13 bits per heavy atom. The van der Waals surface area contributed by atoms with Crippen LogP contribution < -0.4 is 10.6 Å². The maximum atomic E-state index is 13.4. The van der Waals surface area contributed by atoms with Crippen molar-refractivity contribution >= 4 is 17.4 Å². The topological polar surface area (TPSA) is 71.3 Å². The van der Waals surface area contributed by atoms with Crippen molar-refractivity contribution in [3.8, 4) is 0 Å². The van der Waals surface area contributed by atoms with Gasteiger partial charge in [0.2, 0.25) is 5.92 Å². The molecule has 1 unspecified atom stereocenters. The average molecular weight is 425 g/mol. The third kappa shape index (κ3) is 4.11. The van der Waals surface area contributed by atoms with Gasteiger partial charge in [-0.15, -0.1) is 0 Å². The fourth-order valence-electron chi connectivity index (χ4n) is 4.64. The number of nitrogens with one attached hydrogen (secondary N) is 2. The van der Waals surface area contributed by atoms with E-state index in [2.05, 4.69) is 45.0 Å². The first-order chi connectivity index (χ1) is 15.0. The molecule has 6 nitrogen and oxygen atoms in total. The highest BCUT2D eigenvalue weighted by atomic mass is 19.3. The van der Waals surface area contributed by atoms with E-state index in [4.69, 9.17) is 0 Å². The van der Waals surface area contributed by atoms with Gasteiger partial charge in [-0.25, -0.2) is 18.3 Å². The maximum absolute atomic E-state index is 13.4. The predicted octanol–water partition coefficient (Wildman–Crippen LogP) is 4.53. The minimum atomic E-state index is -2.62. The molecule has 0 bridgehead atoms. The molecule has 2 aliphatic carbocycles. The van der Waals surface area contributed by atoms with E-state index < -0.39 is 5.92 Å². The first-order valence-electron chi connectivity index (χ1n) is 10.9. The summed E-state index contributed by atoms with van der Waals surface area (Å²) in [5, 5.41) is 10.6. The van der Waals surface area contributed by atoms with Crippen molar-refractivity contribution in [2.24, 2.45) is 0 Å². The second kappa shape index (κ2) is 7.90. The van der Waals surface area contributed by atoms with Crippen LogP contribution in [-0.2, 0) is 6.42 Å². The zero-order valence-electron chi connectivity index (χ0n) is 17.2. The molecule has 0 saturated heterocycles. The SMILES string of the molecule is O=C(NC1CCC(F)(F)CC1)c1cnn2ccc(NC3CCCc4ccccc43)nc12. The van der Waals surface area contributed by atoms with Gasteiger partial charge in [-0.05, 0) is 49.3 Å². The molecule has 3 aromatic rings. The molecular weight excluding hydrogens is 400 g/mol. The Bertz CT molecular complexity index is 1100. The summed E-state index contributed by atoms with van der Waals surface area (Å²) >= 11 is 0. The lowest BCUT2D eigenvalue weighted by Gasteiger charge is -2.28. The summed E-state index contributed by atoms with van der Waals surface area (Å²) in [6, 6.07) is 10.2. The molecule has 0 aliphatic heterocycles. The summed E-state index contributed by atoms with van der Waals surface area (Å²) in [6.07, 6.45) is 6.63. The summed E-state index contributed by atoms with van der Waals surface area (Å²) in [7, 11) is 0. The van der Waals surface area contributed by atoms with Crippen LogP contribution >= 0.6 is 0 Å². The molecule has 2 heterocycles. The molecular formula is C23H25F2N5O. The largest absolute Gasteiger partial charge is 0.363 e. The van der Waals surface area contributed by atoms with Crippen LogP contribution in [0.4, 0.5) is 14.6 Å². The first-order valence-corrected chi connectivity index (χ1v) is 10.9. The lowest BCUT2D eigenvalue weighted by atomic mass is 9.88. The van der Waals surface area contributed by atoms with Crippen LogP contribution in [-0.4, -0.2) is 32.5 Å². The monoisotopic (exact) mass is 425 g/mol. The fraction of sp³-hybridized carbons (Fsp3) is 0.435. The number of aryl methyl sites for hydroxylation is 1. The third-order valence-corrected chi connectivity index (χ3v) is 6.36. The maximum Gasteiger partial charge on any atom is 0.256 e. The van der Waals surface area contributed by atoms with E-state index in [9.17, 15) is 13.6 Å². The molecule has 1 fully saturated rings. The van der Waals surface area contributed by atoms with Crippen LogP contribution in [0.15, 0.2) is 42.7 Å². The van der Waals surface area contributed by atoms with Gasteiger partial charge < -0.3 is 10.6 Å². The smallest absolute Gasteiger partial charge is 0.256 e. The van der Waals surface area contributed by atoms with E-state index in [1.54, 1.807) is 10.7 Å². The summed E-state index contributed by atoms with van der Waals surface area (Å²) < 4.78 is 28.3. The van der Waals surface area contributed by atoms with E-state index in [0.717, 1.165) is 19.3 Å². The molecule has 31 heavy (non-hydrogen) atoms. The number of amides is 1. The number of fused-ring (bicyclic) bond motifs is 2. The van der Waals surface area contributed by atoms with E-state index >= 15 is 0 Å². The molecule has 8 heteroatoms. The second-order valence-corrected chi connectivity index (χ2v) is 8.53. The van der Waals surface area contributed by atoms with Gasteiger partial charge in [0.25, 0.3) is 5.91 Å². The van der Waals surface area contributed by atoms with Gasteiger partial charge in [-0.2, -0.15) is 5.10 Å². The van der Waals surface area contributed by atoms with Crippen LogP contribution in [0, 0.1) is 0 Å². The molecule has 1 aromatic carbocycles. The van der Waals surface area contributed by atoms with Crippen LogP contribution in [0.2, 0.25) is 0 Å². The quantitative estimate of drug-likeness (QED) is 0.645. The molecule has 2 aromatic heterocycles. The number of carbonyl (C=O) groups is 1. The summed E-state index contributed by atoms with van der Waals surface area (Å²) in [6.45, 7) is 0. The van der Waals surface area contributed by atoms with Crippen molar-refractivity contribution in [3.05, 3.63) is 59.4 Å². The number of rotatable bonds is 4. The number of halogens is 2. The van der Waals surface area contributed by atoms with Gasteiger partial charge in [0.05, 0.1) is 12.2 Å². The van der Waals surface area contributed by atoms with Crippen LogP contribution in [0.5, 0.6) is 0 Å². The molecule has 1 amide bonds. The Morgan fingerprint density at radius 2 is 1.94 bits per heavy atom. The highest BCUT2D eigenvalue weighted by Crippen LogP contribution is 2.34. The minimum absolute atomic E-state index is 0.170. The molecule has 162 valence electrons. The highest BCUT2D eigenvalue weighted by molar-refractivity contribution is 5.99. The Morgan fingerprint density at radius 3 is 2.77 bits per heavy atom. The van der Waals surface area contributed by atoms with E-state index in [1.165, 1.54) is 17.3 Å². The van der Waals surface area contributed by atoms with Crippen molar-refractivity contribution in [1.29, 1.82) is 0 Å². The predicted molar refractivity (Wildman–Crippen MR) is 113 cm³/mol. The molecule has 0 spiro atoms. The number of benzene rings is 1. The van der Waals surface area contributed by atoms with Gasteiger partial charge in [-0.3, -0.25) is 4.79 Å². The summed E-state index contributed by atoms with van der Waals surface area (Å²) in [4.78, 5) is 17.4. The third-order valence-electron chi connectivity index (χ3n) is 6.36. The number of nitrogens with zero attached hydrogens (tertiary/aromatic N) is 3. The fourth-order valence-corrected chi connectivity index (χ4v) is 4.64.